The highest BCUT2D eigenvalue weighted by Crippen LogP contribution is 2.28. The topological polar surface area (TPSA) is 40.5 Å². The molecule has 2 N–H and O–H groups in total. The van der Waals surface area contributed by atoms with Crippen molar-refractivity contribution < 1.29 is 10.0 Å². The zero-order valence-electron chi connectivity index (χ0n) is 7.49. The molecule has 0 aliphatic heterocycles. The summed E-state index contributed by atoms with van der Waals surface area (Å²) in [5, 5.41) is 19.7. The molecule has 1 aromatic carbocycles. The molecule has 0 spiro atoms. The number of thiophene rings is 1. The van der Waals surface area contributed by atoms with Gasteiger partial charge in [-0.2, -0.15) is 0 Å². The first-order chi connectivity index (χ1) is 6.59. The first-order valence-electron chi connectivity index (χ1n) is 4.14. The molecule has 0 bridgehead atoms. The lowest BCUT2D eigenvalue weighted by atomic mass is 9.89. The van der Waals surface area contributed by atoms with Gasteiger partial charge in [-0.1, -0.05) is 17.7 Å². The lowest BCUT2D eigenvalue weighted by molar-refractivity contribution is 0.427. The molecule has 14 heavy (non-hydrogen) atoms. The minimum atomic E-state index is -1.40. The highest BCUT2D eigenvalue weighted by atomic mass is 35.5. The van der Waals surface area contributed by atoms with E-state index >= 15 is 0 Å². The molecule has 5 heteroatoms. The van der Waals surface area contributed by atoms with Gasteiger partial charge in [0.1, 0.15) is 0 Å². The summed E-state index contributed by atoms with van der Waals surface area (Å²) in [5.74, 6) is 0. The normalized spacial score (nSPS) is 10.9. The zero-order chi connectivity index (χ0) is 10.3. The molecule has 0 unspecified atom stereocenters. The van der Waals surface area contributed by atoms with Crippen LogP contribution in [0.3, 0.4) is 0 Å². The van der Waals surface area contributed by atoms with Gasteiger partial charge in [-0.25, -0.2) is 0 Å². The van der Waals surface area contributed by atoms with E-state index in [2.05, 4.69) is 0 Å². The Balaban J connectivity index is 2.71. The molecule has 0 amide bonds. The van der Waals surface area contributed by atoms with Gasteiger partial charge < -0.3 is 10.0 Å². The molecule has 1 heterocycles. The number of halogens is 1. The smallest absolute Gasteiger partial charge is 0.423 e. The van der Waals surface area contributed by atoms with E-state index in [1.165, 1.54) is 11.3 Å². The van der Waals surface area contributed by atoms with E-state index in [-0.39, 0.29) is 0 Å². The number of rotatable bonds is 1. The Kier molecular flexibility index (Phi) is 2.53. The summed E-state index contributed by atoms with van der Waals surface area (Å²) in [6.07, 6.45) is 0. The molecular formula is C9H8BClO2S. The molecule has 2 aromatic rings. The summed E-state index contributed by atoms with van der Waals surface area (Å²) in [6, 6.07) is 5.47. The Morgan fingerprint density at radius 3 is 2.71 bits per heavy atom. The van der Waals surface area contributed by atoms with Crippen molar-refractivity contribution in [3.8, 4) is 0 Å². The summed E-state index contributed by atoms with van der Waals surface area (Å²) >= 11 is 7.32. The van der Waals surface area contributed by atoms with E-state index in [1.807, 2.05) is 19.1 Å². The Labute approximate surface area is 90.9 Å². The minimum Gasteiger partial charge on any atom is -0.423 e. The van der Waals surface area contributed by atoms with E-state index in [1.54, 1.807) is 6.07 Å². The number of aryl methyl sites for hydroxylation is 1. The van der Waals surface area contributed by atoms with Crippen molar-refractivity contribution in [2.75, 3.05) is 0 Å². The van der Waals surface area contributed by atoms with Crippen LogP contribution in [0, 0.1) is 6.92 Å². The standard InChI is InChI=1S/C9H8BClO2S/c1-5-7(11)3-2-6-4-8(10(12)13)14-9(5)6/h2-4,12-13H,1H3. The average Bonchev–Trinajstić information content (AvgIpc) is 2.56. The monoisotopic (exact) mass is 226 g/mol. The van der Waals surface area contributed by atoms with Gasteiger partial charge in [0, 0.05) is 14.5 Å². The van der Waals surface area contributed by atoms with Crippen molar-refractivity contribution in [3.05, 3.63) is 28.8 Å². The molecule has 2 rings (SSSR count). The van der Waals surface area contributed by atoms with E-state index in [0.29, 0.717) is 9.80 Å². The zero-order valence-corrected chi connectivity index (χ0v) is 9.06. The van der Waals surface area contributed by atoms with Crippen molar-refractivity contribution in [2.45, 2.75) is 6.92 Å². The fourth-order valence-electron chi connectivity index (χ4n) is 1.37. The van der Waals surface area contributed by atoms with E-state index < -0.39 is 7.12 Å². The summed E-state index contributed by atoms with van der Waals surface area (Å²) < 4.78 is 1.56. The molecule has 0 radical (unpaired) electrons. The van der Waals surface area contributed by atoms with Crippen LogP contribution in [-0.4, -0.2) is 17.2 Å². The van der Waals surface area contributed by atoms with Crippen LogP contribution in [0.2, 0.25) is 5.02 Å². The van der Waals surface area contributed by atoms with Gasteiger partial charge in [0.2, 0.25) is 0 Å². The second-order valence-corrected chi connectivity index (χ2v) is 4.60. The maximum Gasteiger partial charge on any atom is 0.499 e. The first kappa shape index (κ1) is 9.99. The quantitative estimate of drug-likeness (QED) is 0.724. The van der Waals surface area contributed by atoms with Crippen LogP contribution in [0.15, 0.2) is 18.2 Å². The fourth-order valence-corrected chi connectivity index (χ4v) is 2.61. The number of hydrogen-bond acceptors (Lipinski definition) is 3. The molecule has 0 saturated heterocycles. The van der Waals surface area contributed by atoms with Crippen molar-refractivity contribution in [1.82, 2.24) is 0 Å². The summed E-state index contributed by atoms with van der Waals surface area (Å²) in [4.78, 5) is 0. The van der Waals surface area contributed by atoms with Gasteiger partial charge in [0.15, 0.2) is 0 Å². The van der Waals surface area contributed by atoms with Crippen LogP contribution in [-0.2, 0) is 0 Å². The summed E-state index contributed by atoms with van der Waals surface area (Å²) in [6.45, 7) is 1.93. The Morgan fingerprint density at radius 1 is 1.36 bits per heavy atom. The van der Waals surface area contributed by atoms with Crippen LogP contribution in [0.1, 0.15) is 5.56 Å². The van der Waals surface area contributed by atoms with Gasteiger partial charge >= 0.3 is 7.12 Å². The third-order valence-electron chi connectivity index (χ3n) is 2.14. The largest absolute Gasteiger partial charge is 0.499 e. The van der Waals surface area contributed by atoms with Crippen molar-refractivity contribution in [1.29, 1.82) is 0 Å². The molecule has 2 nitrogen and oxygen atoms in total. The lowest BCUT2D eigenvalue weighted by Crippen LogP contribution is -2.26. The number of hydrogen-bond donors (Lipinski definition) is 2. The molecule has 0 saturated carbocycles. The van der Waals surface area contributed by atoms with Crippen LogP contribution >= 0.6 is 22.9 Å². The maximum absolute atomic E-state index is 9.02. The average molecular weight is 226 g/mol. The van der Waals surface area contributed by atoms with Crippen LogP contribution in [0.4, 0.5) is 0 Å². The van der Waals surface area contributed by atoms with Crippen molar-refractivity contribution >= 4 is 44.9 Å². The van der Waals surface area contributed by atoms with Gasteiger partial charge in [0.05, 0.1) is 0 Å². The predicted molar refractivity (Wildman–Crippen MR) is 61.4 cm³/mol. The number of benzene rings is 1. The molecular weight excluding hydrogens is 218 g/mol. The fraction of sp³-hybridized carbons (Fsp3) is 0.111. The molecule has 0 fully saturated rings. The van der Waals surface area contributed by atoms with Gasteiger partial charge in [0.25, 0.3) is 0 Å². The second-order valence-electron chi connectivity index (χ2n) is 3.11. The maximum atomic E-state index is 9.02. The molecule has 0 aliphatic rings. The van der Waals surface area contributed by atoms with Crippen LogP contribution in [0.5, 0.6) is 0 Å². The van der Waals surface area contributed by atoms with E-state index in [9.17, 15) is 0 Å². The summed E-state index contributed by atoms with van der Waals surface area (Å²) in [7, 11) is -1.40. The predicted octanol–water partition coefficient (Wildman–Crippen LogP) is 1.54. The molecule has 0 atom stereocenters. The minimum absolute atomic E-state index is 0.547. The SMILES string of the molecule is Cc1c(Cl)ccc2cc(B(O)O)sc12. The van der Waals surface area contributed by atoms with Crippen LogP contribution < -0.4 is 4.78 Å². The first-order valence-corrected chi connectivity index (χ1v) is 5.33. The van der Waals surface area contributed by atoms with Gasteiger partial charge in [-0.3, -0.25) is 0 Å². The van der Waals surface area contributed by atoms with Gasteiger partial charge in [-0.05, 0) is 30.0 Å². The van der Waals surface area contributed by atoms with Crippen LogP contribution in [0.25, 0.3) is 10.1 Å². The Hall–Kier alpha value is -0.545. The van der Waals surface area contributed by atoms with Crippen molar-refractivity contribution in [3.63, 3.8) is 0 Å². The Bertz CT molecular complexity index is 481. The Morgan fingerprint density at radius 2 is 2.07 bits per heavy atom. The molecule has 0 aliphatic carbocycles. The third-order valence-corrected chi connectivity index (χ3v) is 3.86. The lowest BCUT2D eigenvalue weighted by Gasteiger charge is -1.97. The molecule has 1 aromatic heterocycles. The second kappa shape index (κ2) is 3.55. The van der Waals surface area contributed by atoms with Crippen molar-refractivity contribution in [2.24, 2.45) is 0 Å². The highest BCUT2D eigenvalue weighted by molar-refractivity contribution is 7.28. The summed E-state index contributed by atoms with van der Waals surface area (Å²) in [5.41, 5.74) is 0.987. The van der Waals surface area contributed by atoms with E-state index in [0.717, 1.165) is 15.6 Å². The highest BCUT2D eigenvalue weighted by Gasteiger charge is 2.15. The third kappa shape index (κ3) is 1.55. The van der Waals surface area contributed by atoms with Gasteiger partial charge in [-0.15, -0.1) is 11.3 Å². The van der Waals surface area contributed by atoms with E-state index in [4.69, 9.17) is 21.6 Å². The molecule has 72 valence electrons. The number of fused-ring (bicyclic) bond motifs is 1.